The summed E-state index contributed by atoms with van der Waals surface area (Å²) >= 11 is 0. The first-order valence-electron chi connectivity index (χ1n) is 9.90. The van der Waals surface area contributed by atoms with Gasteiger partial charge in [0.2, 0.25) is 10.0 Å². The van der Waals surface area contributed by atoms with E-state index in [-0.39, 0.29) is 18.4 Å². The maximum Gasteiger partial charge on any atom is 0.254 e. The molecule has 2 aliphatic rings. The van der Waals surface area contributed by atoms with E-state index in [0.29, 0.717) is 43.4 Å². The first-order chi connectivity index (χ1) is 13.7. The number of nitrogen functional groups attached to an aromatic ring is 1. The maximum atomic E-state index is 13.5. The van der Waals surface area contributed by atoms with Crippen LogP contribution in [0.5, 0.6) is 0 Å². The Morgan fingerprint density at radius 2 is 2.10 bits per heavy atom. The van der Waals surface area contributed by atoms with E-state index in [4.69, 9.17) is 5.73 Å². The van der Waals surface area contributed by atoms with Crippen molar-refractivity contribution in [3.05, 3.63) is 40.6 Å². The Hall–Kier alpha value is -2.39. The number of hydrogen-bond donors (Lipinski definition) is 2. The zero-order valence-corrected chi connectivity index (χ0v) is 17.8. The fraction of sp³-hybridized carbons (Fsp3) is 0.500. The maximum absolute atomic E-state index is 13.5. The highest BCUT2D eigenvalue weighted by Crippen LogP contribution is 2.36. The lowest BCUT2D eigenvalue weighted by molar-refractivity contribution is 0.0850. The zero-order valence-electron chi connectivity index (χ0n) is 17.0. The molecule has 3 N–H and O–H groups in total. The first-order valence-corrected chi connectivity index (χ1v) is 11.7. The van der Waals surface area contributed by atoms with Crippen LogP contribution in [0.1, 0.15) is 59.3 Å². The van der Waals surface area contributed by atoms with E-state index in [1.54, 1.807) is 0 Å². The van der Waals surface area contributed by atoms with Crippen molar-refractivity contribution in [3.8, 4) is 0 Å². The lowest BCUT2D eigenvalue weighted by atomic mass is 9.87. The Bertz CT molecular complexity index is 1070. The van der Waals surface area contributed by atoms with Gasteiger partial charge in [0.05, 0.1) is 24.4 Å². The van der Waals surface area contributed by atoms with Crippen LogP contribution in [-0.2, 0) is 23.0 Å². The second-order valence-electron chi connectivity index (χ2n) is 8.18. The Balaban J connectivity index is 1.74. The normalized spacial score (nSPS) is 19.5. The number of aromatic nitrogens is 2. The van der Waals surface area contributed by atoms with E-state index < -0.39 is 10.0 Å². The summed E-state index contributed by atoms with van der Waals surface area (Å²) in [6.07, 6.45) is 2.29. The van der Waals surface area contributed by atoms with Crippen LogP contribution in [-0.4, -0.2) is 47.8 Å². The number of sulfonamides is 1. The Morgan fingerprint density at radius 3 is 2.79 bits per heavy atom. The van der Waals surface area contributed by atoms with Gasteiger partial charge in [-0.1, -0.05) is 26.0 Å². The van der Waals surface area contributed by atoms with Crippen molar-refractivity contribution in [1.82, 2.24) is 14.1 Å². The summed E-state index contributed by atoms with van der Waals surface area (Å²) in [4.78, 5) is 13.5. The molecule has 29 heavy (non-hydrogen) atoms. The van der Waals surface area contributed by atoms with Crippen molar-refractivity contribution < 1.29 is 13.2 Å². The summed E-state index contributed by atoms with van der Waals surface area (Å²) in [7, 11) is -3.36. The molecule has 0 saturated carbocycles. The third-order valence-electron chi connectivity index (χ3n) is 5.90. The van der Waals surface area contributed by atoms with E-state index in [1.165, 1.54) is 20.8 Å². The Kier molecular flexibility index (Phi) is 4.90. The second-order valence-corrected chi connectivity index (χ2v) is 10.2. The second kappa shape index (κ2) is 7.14. The van der Waals surface area contributed by atoms with Gasteiger partial charge in [0.15, 0.2) is 0 Å². The van der Waals surface area contributed by atoms with Crippen LogP contribution in [0.2, 0.25) is 0 Å². The molecule has 0 saturated heterocycles. The van der Waals surface area contributed by atoms with Gasteiger partial charge < -0.3 is 11.1 Å². The molecule has 0 aliphatic carbocycles. The van der Waals surface area contributed by atoms with Gasteiger partial charge in [-0.05, 0) is 36.0 Å². The summed E-state index contributed by atoms with van der Waals surface area (Å²) in [5.41, 5.74) is 10.6. The van der Waals surface area contributed by atoms with Crippen molar-refractivity contribution in [2.45, 2.75) is 45.1 Å². The monoisotopic (exact) mass is 417 g/mol. The van der Waals surface area contributed by atoms with Crippen molar-refractivity contribution >= 4 is 27.4 Å². The van der Waals surface area contributed by atoms with Gasteiger partial charge in [0.25, 0.3) is 5.91 Å². The third-order valence-corrected chi connectivity index (χ3v) is 7.15. The predicted octanol–water partition coefficient (Wildman–Crippen LogP) is 2.15. The molecule has 3 heterocycles. The van der Waals surface area contributed by atoms with Crippen LogP contribution in [0.3, 0.4) is 0 Å². The van der Waals surface area contributed by atoms with Gasteiger partial charge in [-0.3, -0.25) is 4.79 Å². The van der Waals surface area contributed by atoms with Gasteiger partial charge in [0.1, 0.15) is 5.82 Å². The summed E-state index contributed by atoms with van der Waals surface area (Å²) in [6, 6.07) is 6.21. The number of carbonyl (C=O) groups is 1. The number of fused-ring (bicyclic) bond motifs is 2. The van der Waals surface area contributed by atoms with Crippen LogP contribution in [0.15, 0.2) is 18.2 Å². The zero-order chi connectivity index (χ0) is 20.9. The molecule has 156 valence electrons. The molecule has 0 spiro atoms. The topological polar surface area (TPSA) is 110 Å². The molecule has 1 unspecified atom stereocenters. The van der Waals surface area contributed by atoms with Crippen LogP contribution >= 0.6 is 0 Å². The van der Waals surface area contributed by atoms with Crippen molar-refractivity contribution in [1.29, 1.82) is 0 Å². The molecule has 2 aliphatic heterocycles. The highest BCUT2D eigenvalue weighted by Gasteiger charge is 2.34. The standard InChI is InChI=1S/C20H27N5O3S/c1-12(2)13-4-5-17-16(10-13)14(6-8-22-17)20(26)25-18-11-24(29(3,27)28)9-7-15(18)19(21)23-25/h4-5,10,12,14,22H,6-9,11H2,1-3H3,(H2,21,23). The molecule has 0 bridgehead atoms. The smallest absolute Gasteiger partial charge is 0.254 e. The van der Waals surface area contributed by atoms with Crippen molar-refractivity contribution in [2.75, 3.05) is 30.4 Å². The van der Waals surface area contributed by atoms with E-state index in [0.717, 1.165) is 16.8 Å². The fourth-order valence-electron chi connectivity index (χ4n) is 4.19. The lowest BCUT2D eigenvalue weighted by Gasteiger charge is -2.28. The van der Waals surface area contributed by atoms with Crippen LogP contribution in [0.25, 0.3) is 0 Å². The highest BCUT2D eigenvalue weighted by atomic mass is 32.2. The molecule has 0 amide bonds. The fourth-order valence-corrected chi connectivity index (χ4v) is 4.97. The average molecular weight is 418 g/mol. The van der Waals surface area contributed by atoms with Crippen LogP contribution in [0, 0.1) is 0 Å². The SMILES string of the molecule is CC(C)c1ccc2c(c1)C(C(=O)n1nc(N)c3c1CN(S(C)(=O)=O)CC3)CCN2. The minimum atomic E-state index is -3.36. The van der Waals surface area contributed by atoms with Gasteiger partial charge in [-0.15, -0.1) is 5.10 Å². The number of nitrogens with two attached hydrogens (primary N) is 1. The summed E-state index contributed by atoms with van der Waals surface area (Å²) < 4.78 is 26.8. The first kappa shape index (κ1) is 19.9. The molecular formula is C20H27N5O3S. The van der Waals surface area contributed by atoms with Gasteiger partial charge in [0, 0.05) is 24.3 Å². The largest absolute Gasteiger partial charge is 0.385 e. The summed E-state index contributed by atoms with van der Waals surface area (Å²) in [5, 5.41) is 7.68. The Labute approximate surface area is 171 Å². The number of carbonyl (C=O) groups excluding carboxylic acids is 1. The minimum Gasteiger partial charge on any atom is -0.385 e. The van der Waals surface area contributed by atoms with Crippen molar-refractivity contribution in [2.24, 2.45) is 0 Å². The third kappa shape index (κ3) is 3.53. The lowest BCUT2D eigenvalue weighted by Crippen LogP contribution is -2.37. The molecular weight excluding hydrogens is 390 g/mol. The van der Waals surface area contributed by atoms with Crippen LogP contribution < -0.4 is 11.1 Å². The number of benzene rings is 1. The molecule has 2 aromatic rings. The minimum absolute atomic E-state index is 0.119. The number of hydrogen-bond acceptors (Lipinski definition) is 6. The number of nitrogens with zero attached hydrogens (tertiary/aromatic N) is 3. The van der Waals surface area contributed by atoms with E-state index in [2.05, 4.69) is 36.4 Å². The molecule has 1 aromatic heterocycles. The van der Waals surface area contributed by atoms with E-state index in [9.17, 15) is 13.2 Å². The average Bonchev–Trinajstić information content (AvgIpc) is 3.02. The number of nitrogens with one attached hydrogen (secondary N) is 1. The van der Waals surface area contributed by atoms with Gasteiger partial charge >= 0.3 is 0 Å². The summed E-state index contributed by atoms with van der Waals surface area (Å²) in [5.74, 6) is 0.167. The quantitative estimate of drug-likeness (QED) is 0.792. The number of rotatable bonds is 3. The predicted molar refractivity (Wildman–Crippen MR) is 113 cm³/mol. The highest BCUT2D eigenvalue weighted by molar-refractivity contribution is 7.88. The molecule has 8 nitrogen and oxygen atoms in total. The van der Waals surface area contributed by atoms with Crippen LogP contribution in [0.4, 0.5) is 11.5 Å². The molecule has 1 atom stereocenters. The van der Waals surface area contributed by atoms with Gasteiger partial charge in [-0.2, -0.15) is 4.31 Å². The van der Waals surface area contributed by atoms with Crippen molar-refractivity contribution in [3.63, 3.8) is 0 Å². The van der Waals surface area contributed by atoms with E-state index in [1.807, 2.05) is 6.07 Å². The van der Waals surface area contributed by atoms with E-state index >= 15 is 0 Å². The molecule has 0 radical (unpaired) electrons. The summed E-state index contributed by atoms with van der Waals surface area (Å²) in [6.45, 7) is 5.41. The molecule has 0 fully saturated rings. The Morgan fingerprint density at radius 1 is 1.34 bits per heavy atom. The molecule has 4 rings (SSSR count). The number of anilines is 2. The molecule has 9 heteroatoms. The van der Waals surface area contributed by atoms with Gasteiger partial charge in [-0.25, -0.2) is 13.1 Å². The molecule has 1 aromatic carbocycles.